The van der Waals surface area contributed by atoms with Crippen LogP contribution in [0.15, 0.2) is 30.3 Å². The molecule has 1 fully saturated rings. The van der Waals surface area contributed by atoms with Gasteiger partial charge in [-0.2, -0.15) is 0 Å². The van der Waals surface area contributed by atoms with Crippen LogP contribution in [-0.2, 0) is 14.2 Å². The molecule has 4 atom stereocenters. The SMILES string of the molecule is CCCCCCCCCCCCC[C@@H]1OC(C)(C)O[C@@H]([C@@H](C)COC(=O)c2ccccc2)[C@H]1C. The Morgan fingerprint density at radius 3 is 2.06 bits per heavy atom. The van der Waals surface area contributed by atoms with Crippen LogP contribution >= 0.6 is 0 Å². The molecule has 34 heavy (non-hydrogen) atoms. The third kappa shape index (κ3) is 10.5. The van der Waals surface area contributed by atoms with Gasteiger partial charge in [-0.3, -0.25) is 0 Å². The van der Waals surface area contributed by atoms with E-state index in [1.165, 1.54) is 70.6 Å². The minimum atomic E-state index is -0.614. The van der Waals surface area contributed by atoms with Crippen LogP contribution in [0.3, 0.4) is 0 Å². The van der Waals surface area contributed by atoms with Crippen LogP contribution in [0.4, 0.5) is 0 Å². The second-order valence-electron chi connectivity index (χ2n) is 10.8. The Morgan fingerprint density at radius 1 is 0.912 bits per heavy atom. The van der Waals surface area contributed by atoms with Crippen molar-refractivity contribution in [2.75, 3.05) is 6.61 Å². The van der Waals surface area contributed by atoms with Crippen molar-refractivity contribution in [3.8, 4) is 0 Å². The van der Waals surface area contributed by atoms with Crippen LogP contribution in [0, 0.1) is 11.8 Å². The molecule has 0 saturated carbocycles. The number of hydrogen-bond donors (Lipinski definition) is 0. The molecule has 0 aliphatic carbocycles. The van der Waals surface area contributed by atoms with Gasteiger partial charge >= 0.3 is 5.97 Å². The van der Waals surface area contributed by atoms with Crippen LogP contribution in [-0.4, -0.2) is 30.6 Å². The zero-order valence-electron chi connectivity index (χ0n) is 22.5. The number of carbonyl (C=O) groups excluding carboxylic acids is 1. The summed E-state index contributed by atoms with van der Waals surface area (Å²) in [7, 11) is 0. The van der Waals surface area contributed by atoms with Gasteiger partial charge in [-0.15, -0.1) is 0 Å². The van der Waals surface area contributed by atoms with Crippen LogP contribution in [0.5, 0.6) is 0 Å². The first-order valence-electron chi connectivity index (χ1n) is 13.9. The molecule has 194 valence electrons. The van der Waals surface area contributed by atoms with E-state index < -0.39 is 5.79 Å². The van der Waals surface area contributed by atoms with Crippen molar-refractivity contribution in [2.24, 2.45) is 11.8 Å². The zero-order chi connectivity index (χ0) is 24.8. The van der Waals surface area contributed by atoms with E-state index in [1.807, 2.05) is 32.0 Å². The number of carbonyl (C=O) groups is 1. The van der Waals surface area contributed by atoms with Crippen LogP contribution in [0.2, 0.25) is 0 Å². The predicted molar refractivity (Wildman–Crippen MR) is 140 cm³/mol. The molecule has 1 aliphatic rings. The Bertz CT molecular complexity index is 672. The van der Waals surface area contributed by atoms with Gasteiger partial charge in [0.1, 0.15) is 0 Å². The summed E-state index contributed by atoms with van der Waals surface area (Å²) in [6.07, 6.45) is 16.1. The number of hydrogen-bond acceptors (Lipinski definition) is 4. The summed E-state index contributed by atoms with van der Waals surface area (Å²) in [5, 5.41) is 0. The molecule has 4 heteroatoms. The summed E-state index contributed by atoms with van der Waals surface area (Å²) in [6, 6.07) is 9.17. The lowest BCUT2D eigenvalue weighted by Gasteiger charge is -2.47. The maximum Gasteiger partial charge on any atom is 0.338 e. The molecule has 4 nitrogen and oxygen atoms in total. The number of benzene rings is 1. The van der Waals surface area contributed by atoms with Crippen molar-refractivity contribution in [3.63, 3.8) is 0 Å². The van der Waals surface area contributed by atoms with Crippen molar-refractivity contribution < 1.29 is 19.0 Å². The van der Waals surface area contributed by atoms with Crippen molar-refractivity contribution in [1.29, 1.82) is 0 Å². The second kappa shape index (κ2) is 15.6. The molecule has 0 radical (unpaired) electrons. The third-order valence-corrected chi connectivity index (χ3v) is 7.10. The lowest BCUT2D eigenvalue weighted by atomic mass is 9.85. The molecule has 1 aromatic rings. The average molecular weight is 475 g/mol. The van der Waals surface area contributed by atoms with Gasteiger partial charge < -0.3 is 14.2 Å². The quantitative estimate of drug-likeness (QED) is 0.178. The highest BCUT2D eigenvalue weighted by molar-refractivity contribution is 5.89. The van der Waals surface area contributed by atoms with E-state index in [0.717, 1.165) is 6.42 Å². The normalized spacial score (nSPS) is 22.9. The molecule has 0 unspecified atom stereocenters. The largest absolute Gasteiger partial charge is 0.462 e. The highest BCUT2D eigenvalue weighted by Gasteiger charge is 2.43. The minimum absolute atomic E-state index is 0.00466. The Labute approximate surface area is 209 Å². The smallest absolute Gasteiger partial charge is 0.338 e. The van der Waals surface area contributed by atoms with E-state index in [-0.39, 0.29) is 30.0 Å². The first kappa shape index (κ1) is 28.8. The number of rotatable bonds is 16. The summed E-state index contributed by atoms with van der Waals surface area (Å²) >= 11 is 0. The average Bonchev–Trinajstić information content (AvgIpc) is 2.83. The maximum atomic E-state index is 12.3. The second-order valence-corrected chi connectivity index (χ2v) is 10.8. The highest BCUT2D eigenvalue weighted by atomic mass is 16.7. The lowest BCUT2D eigenvalue weighted by Crippen LogP contribution is -2.52. The van der Waals surface area contributed by atoms with Gasteiger partial charge in [0.2, 0.25) is 0 Å². The van der Waals surface area contributed by atoms with Gasteiger partial charge in [-0.25, -0.2) is 4.79 Å². The summed E-state index contributed by atoms with van der Waals surface area (Å²) in [4.78, 5) is 12.3. The highest BCUT2D eigenvalue weighted by Crippen LogP contribution is 2.36. The van der Waals surface area contributed by atoms with Crippen LogP contribution in [0.25, 0.3) is 0 Å². The number of esters is 1. The number of unbranched alkanes of at least 4 members (excludes halogenated alkanes) is 10. The Kier molecular flexibility index (Phi) is 13.2. The first-order chi connectivity index (χ1) is 16.3. The lowest BCUT2D eigenvalue weighted by molar-refractivity contribution is -0.328. The van der Waals surface area contributed by atoms with Crippen LogP contribution in [0.1, 0.15) is 122 Å². The zero-order valence-corrected chi connectivity index (χ0v) is 22.5. The topological polar surface area (TPSA) is 44.8 Å². The molecule has 0 N–H and O–H groups in total. The van der Waals surface area contributed by atoms with Crippen molar-refractivity contribution in [1.82, 2.24) is 0 Å². The fourth-order valence-electron chi connectivity index (χ4n) is 5.07. The van der Waals surface area contributed by atoms with Crippen molar-refractivity contribution in [3.05, 3.63) is 35.9 Å². The van der Waals surface area contributed by atoms with E-state index >= 15 is 0 Å². The summed E-state index contributed by atoms with van der Waals surface area (Å²) in [5.74, 6) is -0.520. The Hall–Kier alpha value is -1.39. The molecule has 0 aromatic heterocycles. The van der Waals surface area contributed by atoms with Crippen LogP contribution < -0.4 is 0 Å². The fourth-order valence-corrected chi connectivity index (χ4v) is 5.07. The molecule has 0 spiro atoms. The molecule has 1 aromatic carbocycles. The molecule has 1 saturated heterocycles. The molecule has 1 heterocycles. The Balaban J connectivity index is 1.69. The summed E-state index contributed by atoms with van der Waals surface area (Å²) < 4.78 is 18.2. The third-order valence-electron chi connectivity index (χ3n) is 7.10. The van der Waals surface area contributed by atoms with Gasteiger partial charge in [0.25, 0.3) is 0 Å². The molecular formula is C30H50O4. The molecule has 0 amide bonds. The maximum absolute atomic E-state index is 12.3. The fraction of sp³-hybridized carbons (Fsp3) is 0.767. The van der Waals surface area contributed by atoms with Gasteiger partial charge in [-0.1, -0.05) is 110 Å². The van der Waals surface area contributed by atoms with Crippen molar-refractivity contribution >= 4 is 5.97 Å². The Morgan fingerprint density at radius 2 is 1.47 bits per heavy atom. The minimum Gasteiger partial charge on any atom is -0.462 e. The van der Waals surface area contributed by atoms with Gasteiger partial charge in [0, 0.05) is 11.8 Å². The molecule has 1 aliphatic heterocycles. The predicted octanol–water partition coefficient (Wildman–Crippen LogP) is 8.34. The standard InChI is InChI=1S/C30H50O4/c1-6-7-8-9-10-11-12-13-14-15-19-22-27-25(3)28(34-30(4,5)33-27)24(2)23-32-29(31)26-20-17-16-18-21-26/h16-18,20-21,24-25,27-28H,6-15,19,22-23H2,1-5H3/t24-,25-,27-,28-/m0/s1. The summed E-state index contributed by atoms with van der Waals surface area (Å²) in [6.45, 7) is 11.0. The van der Waals surface area contributed by atoms with E-state index in [4.69, 9.17) is 14.2 Å². The first-order valence-corrected chi connectivity index (χ1v) is 13.9. The monoisotopic (exact) mass is 474 g/mol. The van der Waals surface area contributed by atoms with E-state index in [9.17, 15) is 4.79 Å². The molecule has 0 bridgehead atoms. The van der Waals surface area contributed by atoms with Gasteiger partial charge in [0.15, 0.2) is 5.79 Å². The van der Waals surface area contributed by atoms with Crippen molar-refractivity contribution in [2.45, 2.75) is 130 Å². The van der Waals surface area contributed by atoms with Gasteiger partial charge in [0.05, 0.1) is 24.4 Å². The van der Waals surface area contributed by atoms with E-state index in [2.05, 4.69) is 20.8 Å². The summed E-state index contributed by atoms with van der Waals surface area (Å²) in [5.41, 5.74) is 0.588. The van der Waals surface area contributed by atoms with E-state index in [0.29, 0.717) is 12.2 Å². The van der Waals surface area contributed by atoms with Gasteiger partial charge in [-0.05, 0) is 32.4 Å². The molecular weight excluding hydrogens is 424 g/mol. The van der Waals surface area contributed by atoms with E-state index in [1.54, 1.807) is 12.1 Å². The number of ether oxygens (including phenoxy) is 3. The molecule has 2 rings (SSSR count).